The molecule has 32 heavy (non-hydrogen) atoms. The normalized spacial score (nSPS) is 22.3. The number of ketones is 1. The van der Waals surface area contributed by atoms with Crippen LogP contribution in [0.2, 0.25) is 0 Å². The first-order valence-corrected chi connectivity index (χ1v) is 10.7. The molecule has 3 unspecified atom stereocenters. The minimum atomic E-state index is -0.708. The predicted octanol–water partition coefficient (Wildman–Crippen LogP) is 4.45. The zero-order chi connectivity index (χ0) is 23.0. The summed E-state index contributed by atoms with van der Waals surface area (Å²) in [4.78, 5) is 30.8. The molecule has 164 valence electrons. The van der Waals surface area contributed by atoms with E-state index in [9.17, 15) is 20.0 Å². The number of ether oxygens (including phenoxy) is 1. The number of allylic oxidation sites excluding steroid dienone is 1. The van der Waals surface area contributed by atoms with Crippen molar-refractivity contribution in [2.45, 2.75) is 19.0 Å². The van der Waals surface area contributed by atoms with Gasteiger partial charge in [0, 0.05) is 17.6 Å². The molecule has 0 aromatic heterocycles. The van der Waals surface area contributed by atoms with E-state index in [0.717, 1.165) is 5.56 Å². The molecule has 0 spiro atoms. The number of nitrogens with zero attached hydrogens (tertiary/aromatic N) is 3. The minimum absolute atomic E-state index is 0.0215. The van der Waals surface area contributed by atoms with E-state index in [1.807, 2.05) is 13.0 Å². The quantitative estimate of drug-likeness (QED) is 0.371. The van der Waals surface area contributed by atoms with E-state index in [4.69, 9.17) is 9.73 Å². The number of halogens is 1. The fourth-order valence-electron chi connectivity index (χ4n) is 4.09. The second kappa shape index (κ2) is 8.58. The van der Waals surface area contributed by atoms with Gasteiger partial charge in [-0.05, 0) is 33.6 Å². The second-order valence-electron chi connectivity index (χ2n) is 7.57. The molecule has 0 amide bonds. The molecule has 0 saturated heterocycles. The number of benzene rings is 2. The zero-order valence-electron chi connectivity index (χ0n) is 17.3. The number of amidine groups is 1. The third-order valence-corrected chi connectivity index (χ3v) is 6.23. The number of nitro groups is 1. The molecule has 2 aromatic rings. The van der Waals surface area contributed by atoms with E-state index in [1.165, 1.54) is 25.5 Å². The molecule has 8 nitrogen and oxygen atoms in total. The lowest BCUT2D eigenvalue weighted by atomic mass is 9.82. The van der Waals surface area contributed by atoms with Crippen molar-refractivity contribution < 1.29 is 19.6 Å². The van der Waals surface area contributed by atoms with Gasteiger partial charge in [-0.25, -0.2) is 0 Å². The minimum Gasteiger partial charge on any atom is -0.504 e. The van der Waals surface area contributed by atoms with Gasteiger partial charge in [-0.2, -0.15) is 0 Å². The topological polar surface area (TPSA) is 105 Å². The van der Waals surface area contributed by atoms with Crippen molar-refractivity contribution in [1.29, 1.82) is 0 Å². The van der Waals surface area contributed by atoms with E-state index >= 15 is 0 Å². The number of aliphatic imine (C=N–C) groups is 1. The van der Waals surface area contributed by atoms with Crippen LogP contribution in [0.4, 0.5) is 0 Å². The third kappa shape index (κ3) is 3.80. The maximum atomic E-state index is 13.4. The van der Waals surface area contributed by atoms with Crippen LogP contribution in [0.5, 0.6) is 11.5 Å². The summed E-state index contributed by atoms with van der Waals surface area (Å²) in [6, 6.07) is 12.7. The Hall–Kier alpha value is -3.46. The molecule has 1 N–H and O–H groups in total. The van der Waals surface area contributed by atoms with Crippen molar-refractivity contribution in [1.82, 2.24) is 4.90 Å². The molecule has 4 rings (SSSR count). The Balaban J connectivity index is 1.87. The molecule has 3 atom stereocenters. The summed E-state index contributed by atoms with van der Waals surface area (Å²) in [6.07, 6.45) is 2.80. The smallest absolute Gasteiger partial charge is 0.286 e. The van der Waals surface area contributed by atoms with Crippen LogP contribution in [-0.2, 0) is 0 Å². The fraction of sp³-hybridized carbons (Fsp3) is 0.217. The Kier molecular flexibility index (Phi) is 5.84. The fourth-order valence-corrected chi connectivity index (χ4v) is 4.63. The Morgan fingerprint density at radius 3 is 2.62 bits per heavy atom. The molecule has 2 aliphatic rings. The highest BCUT2D eigenvalue weighted by Gasteiger charge is 2.43. The Morgan fingerprint density at radius 2 is 1.97 bits per heavy atom. The highest BCUT2D eigenvalue weighted by Crippen LogP contribution is 2.43. The first-order chi connectivity index (χ1) is 15.3. The summed E-state index contributed by atoms with van der Waals surface area (Å²) in [5.41, 5.74) is 1.17. The van der Waals surface area contributed by atoms with Gasteiger partial charge < -0.3 is 14.7 Å². The molecule has 0 radical (unpaired) electrons. The standard InChI is InChI=1S/C23H20BrN3O5/c1-13-20(22(29)14-6-4-3-5-7-14)25-23-17(24)11-16(27(30)31)12-26(23)21(13)15-8-9-18(28)19(10-15)32-2/h3-13,20-21,28H,1-2H3. The van der Waals surface area contributed by atoms with Gasteiger partial charge in [-0.1, -0.05) is 43.3 Å². The molecule has 0 fully saturated rings. The second-order valence-corrected chi connectivity index (χ2v) is 8.43. The average molecular weight is 498 g/mol. The van der Waals surface area contributed by atoms with Crippen LogP contribution in [0.15, 0.2) is 76.0 Å². The van der Waals surface area contributed by atoms with Gasteiger partial charge in [0.15, 0.2) is 17.3 Å². The predicted molar refractivity (Wildman–Crippen MR) is 122 cm³/mol. The monoisotopic (exact) mass is 497 g/mol. The highest BCUT2D eigenvalue weighted by molar-refractivity contribution is 9.12. The SMILES string of the molecule is COc1cc(C2C(C)C(C(=O)c3ccccc3)N=C3C(Br)=CC([N+](=O)[O-])=CN32)ccc1O. The van der Waals surface area contributed by atoms with Crippen molar-refractivity contribution in [2.75, 3.05) is 7.11 Å². The van der Waals surface area contributed by atoms with Gasteiger partial charge in [0.25, 0.3) is 5.70 Å². The number of fused-ring (bicyclic) bond motifs is 1. The molecule has 9 heteroatoms. The maximum absolute atomic E-state index is 13.4. The van der Waals surface area contributed by atoms with Crippen molar-refractivity contribution in [3.05, 3.63) is 92.2 Å². The number of aromatic hydroxyl groups is 1. The lowest BCUT2D eigenvalue weighted by Gasteiger charge is -2.42. The third-order valence-electron chi connectivity index (χ3n) is 5.64. The van der Waals surface area contributed by atoms with E-state index in [-0.39, 0.29) is 28.9 Å². The van der Waals surface area contributed by atoms with Crippen molar-refractivity contribution in [3.8, 4) is 11.5 Å². The lowest BCUT2D eigenvalue weighted by Crippen LogP contribution is -2.47. The van der Waals surface area contributed by atoms with Gasteiger partial charge in [-0.3, -0.25) is 19.9 Å². The van der Waals surface area contributed by atoms with Gasteiger partial charge in [0.05, 0.1) is 28.8 Å². The number of phenolic OH excluding ortho intramolecular Hbond substituents is 1. The number of hydrogen-bond donors (Lipinski definition) is 1. The summed E-state index contributed by atoms with van der Waals surface area (Å²) in [7, 11) is 1.45. The average Bonchev–Trinajstić information content (AvgIpc) is 2.79. The van der Waals surface area contributed by atoms with Gasteiger partial charge in [0.2, 0.25) is 0 Å². The van der Waals surface area contributed by atoms with E-state index in [2.05, 4.69) is 15.9 Å². The van der Waals surface area contributed by atoms with Gasteiger partial charge in [0.1, 0.15) is 11.9 Å². The first-order valence-electron chi connectivity index (χ1n) is 9.88. The Labute approximate surface area is 192 Å². The molecular weight excluding hydrogens is 478 g/mol. The Bertz CT molecular complexity index is 1180. The largest absolute Gasteiger partial charge is 0.504 e. The van der Waals surface area contributed by atoms with Crippen LogP contribution >= 0.6 is 15.9 Å². The van der Waals surface area contributed by atoms with Crippen LogP contribution in [0.1, 0.15) is 28.9 Å². The van der Waals surface area contributed by atoms with Crippen LogP contribution in [-0.4, -0.2) is 39.7 Å². The molecular formula is C23H20BrN3O5. The first kappa shape index (κ1) is 21.8. The highest BCUT2D eigenvalue weighted by atomic mass is 79.9. The number of methoxy groups -OCH3 is 1. The number of hydrogen-bond acceptors (Lipinski definition) is 7. The van der Waals surface area contributed by atoms with Crippen LogP contribution in [0.3, 0.4) is 0 Å². The van der Waals surface area contributed by atoms with Crippen LogP contribution in [0, 0.1) is 16.0 Å². The van der Waals surface area contributed by atoms with Gasteiger partial charge in [-0.15, -0.1) is 0 Å². The molecule has 2 aromatic carbocycles. The number of phenols is 1. The van der Waals surface area contributed by atoms with E-state index < -0.39 is 17.0 Å². The van der Waals surface area contributed by atoms with E-state index in [1.54, 1.807) is 41.3 Å². The summed E-state index contributed by atoms with van der Waals surface area (Å²) in [5.74, 6) is 0.204. The number of rotatable bonds is 5. The lowest BCUT2D eigenvalue weighted by molar-refractivity contribution is -0.420. The Morgan fingerprint density at radius 1 is 1.25 bits per heavy atom. The number of carbonyl (C=O) groups is 1. The molecule has 0 aliphatic carbocycles. The van der Waals surface area contributed by atoms with Crippen molar-refractivity contribution >= 4 is 27.5 Å². The molecule has 2 aliphatic heterocycles. The molecule has 2 heterocycles. The molecule has 0 bridgehead atoms. The summed E-state index contributed by atoms with van der Waals surface area (Å²) < 4.78 is 5.68. The maximum Gasteiger partial charge on any atom is 0.286 e. The van der Waals surface area contributed by atoms with Crippen LogP contribution in [0.25, 0.3) is 0 Å². The van der Waals surface area contributed by atoms with Gasteiger partial charge >= 0.3 is 0 Å². The summed E-state index contributed by atoms with van der Waals surface area (Å²) in [6.45, 7) is 1.89. The summed E-state index contributed by atoms with van der Waals surface area (Å²) in [5, 5.41) is 21.5. The van der Waals surface area contributed by atoms with Crippen molar-refractivity contribution in [2.24, 2.45) is 10.9 Å². The zero-order valence-corrected chi connectivity index (χ0v) is 18.9. The van der Waals surface area contributed by atoms with Crippen molar-refractivity contribution in [3.63, 3.8) is 0 Å². The molecule has 0 saturated carbocycles. The summed E-state index contributed by atoms with van der Waals surface area (Å²) >= 11 is 3.40. The van der Waals surface area contributed by atoms with E-state index in [0.29, 0.717) is 15.9 Å². The number of Topliss-reactive ketones (excluding diaryl/α,β-unsaturated/α-hetero) is 1. The van der Waals surface area contributed by atoms with Crippen LogP contribution < -0.4 is 4.74 Å². The number of carbonyl (C=O) groups excluding carboxylic acids is 1.